The zero-order chi connectivity index (χ0) is 20.8. The Morgan fingerprint density at radius 2 is 1.70 bits per heavy atom. The van der Waals surface area contributed by atoms with Gasteiger partial charge in [0.25, 0.3) is 0 Å². The van der Waals surface area contributed by atoms with Crippen molar-refractivity contribution in [3.63, 3.8) is 0 Å². The highest BCUT2D eigenvalue weighted by Gasteiger charge is 2.09. The van der Waals surface area contributed by atoms with E-state index in [1.54, 1.807) is 13.3 Å². The monoisotopic (exact) mass is 401 g/mol. The zero-order valence-electron chi connectivity index (χ0n) is 17.4. The van der Waals surface area contributed by atoms with Crippen molar-refractivity contribution in [2.45, 2.75) is 20.0 Å². The van der Waals surface area contributed by atoms with Crippen LogP contribution in [0.25, 0.3) is 11.5 Å². The van der Waals surface area contributed by atoms with Crippen molar-refractivity contribution in [3.05, 3.63) is 83.8 Å². The van der Waals surface area contributed by atoms with Crippen LogP contribution in [0.1, 0.15) is 16.8 Å². The van der Waals surface area contributed by atoms with Crippen molar-refractivity contribution >= 4 is 11.6 Å². The van der Waals surface area contributed by atoms with Crippen molar-refractivity contribution in [2.24, 2.45) is 4.99 Å². The first-order valence-electron chi connectivity index (χ1n) is 10.2. The van der Waals surface area contributed by atoms with E-state index in [4.69, 9.17) is 4.42 Å². The number of hydrogen-bond acceptors (Lipinski definition) is 4. The predicted octanol–water partition coefficient (Wildman–Crippen LogP) is 3.89. The lowest BCUT2D eigenvalue weighted by molar-refractivity contribution is 0.572. The Morgan fingerprint density at radius 1 is 1.00 bits per heavy atom. The molecule has 1 aliphatic rings. The van der Waals surface area contributed by atoms with Gasteiger partial charge in [0.2, 0.25) is 5.89 Å². The van der Waals surface area contributed by atoms with E-state index < -0.39 is 0 Å². The minimum atomic E-state index is 0.538. The number of hydrogen-bond donors (Lipinski definition) is 2. The van der Waals surface area contributed by atoms with Gasteiger partial charge in [0.15, 0.2) is 5.96 Å². The number of rotatable bonds is 6. The standard InChI is InChI=1S/C24H27N5O/c1-18-5-9-20(10-6-18)23-28-21(17-30-23)16-27-24(25-2)26-15-19-7-11-22(12-8-19)29-13-3-4-14-29/h3-12,17H,13-16H2,1-2H3,(H2,25,26,27). The van der Waals surface area contributed by atoms with Crippen LogP contribution in [-0.4, -0.2) is 31.1 Å². The van der Waals surface area contributed by atoms with Crippen LogP contribution >= 0.6 is 0 Å². The van der Waals surface area contributed by atoms with Crippen molar-refractivity contribution in [2.75, 3.05) is 25.0 Å². The Bertz CT molecular complexity index is 1010. The van der Waals surface area contributed by atoms with Gasteiger partial charge >= 0.3 is 0 Å². The Labute approximate surface area is 177 Å². The van der Waals surface area contributed by atoms with Gasteiger partial charge in [-0.25, -0.2) is 4.98 Å². The Kier molecular flexibility index (Phi) is 6.13. The van der Waals surface area contributed by atoms with E-state index in [-0.39, 0.29) is 0 Å². The molecule has 0 bridgehead atoms. The molecule has 2 aromatic carbocycles. The molecule has 1 aliphatic heterocycles. The number of nitrogens with one attached hydrogen (secondary N) is 2. The van der Waals surface area contributed by atoms with Crippen molar-refractivity contribution < 1.29 is 4.42 Å². The van der Waals surface area contributed by atoms with Gasteiger partial charge in [0.05, 0.1) is 12.2 Å². The normalized spacial score (nSPS) is 13.7. The van der Waals surface area contributed by atoms with Gasteiger partial charge in [-0.2, -0.15) is 0 Å². The fourth-order valence-electron chi connectivity index (χ4n) is 3.31. The second kappa shape index (κ2) is 9.31. The van der Waals surface area contributed by atoms with Crippen LogP contribution in [0.3, 0.4) is 0 Å². The van der Waals surface area contributed by atoms with Gasteiger partial charge in [0.1, 0.15) is 6.26 Å². The van der Waals surface area contributed by atoms with E-state index in [2.05, 4.69) is 81.0 Å². The molecule has 0 unspecified atom stereocenters. The Morgan fingerprint density at radius 3 is 2.40 bits per heavy atom. The molecule has 0 amide bonds. The number of aryl methyl sites for hydroxylation is 1. The number of nitrogens with zero attached hydrogens (tertiary/aromatic N) is 3. The minimum absolute atomic E-state index is 0.538. The zero-order valence-corrected chi connectivity index (χ0v) is 17.4. The van der Waals surface area contributed by atoms with E-state index in [1.807, 2.05) is 12.1 Å². The summed E-state index contributed by atoms with van der Waals surface area (Å²) >= 11 is 0. The SMILES string of the molecule is CN=C(NCc1ccc(N2CC=CC2)cc1)NCc1coc(-c2ccc(C)cc2)n1. The van der Waals surface area contributed by atoms with Gasteiger partial charge < -0.3 is 20.0 Å². The second-order valence-corrected chi connectivity index (χ2v) is 7.33. The molecule has 2 heterocycles. The van der Waals surface area contributed by atoms with E-state index >= 15 is 0 Å². The fraction of sp³-hybridized carbons (Fsp3) is 0.250. The molecule has 0 fully saturated rings. The molecule has 30 heavy (non-hydrogen) atoms. The van der Waals surface area contributed by atoms with Crippen molar-refractivity contribution in [3.8, 4) is 11.5 Å². The highest BCUT2D eigenvalue weighted by atomic mass is 16.3. The van der Waals surface area contributed by atoms with Gasteiger partial charge in [-0.05, 0) is 36.8 Å². The first kappa shape index (κ1) is 19.8. The summed E-state index contributed by atoms with van der Waals surface area (Å²) in [6, 6.07) is 16.8. The molecule has 154 valence electrons. The molecule has 0 spiro atoms. The lowest BCUT2D eigenvalue weighted by Crippen LogP contribution is -2.36. The maximum atomic E-state index is 5.62. The highest BCUT2D eigenvalue weighted by Crippen LogP contribution is 2.19. The van der Waals surface area contributed by atoms with Crippen molar-refractivity contribution in [1.82, 2.24) is 15.6 Å². The number of guanidine groups is 1. The van der Waals surface area contributed by atoms with Crippen LogP contribution < -0.4 is 15.5 Å². The Hall–Kier alpha value is -3.54. The summed E-state index contributed by atoms with van der Waals surface area (Å²) in [7, 11) is 1.76. The largest absolute Gasteiger partial charge is 0.444 e. The average Bonchev–Trinajstić information content (AvgIpc) is 3.47. The van der Waals surface area contributed by atoms with Crippen LogP contribution in [0.15, 0.2) is 76.4 Å². The summed E-state index contributed by atoms with van der Waals surface area (Å²) in [5, 5.41) is 6.63. The molecule has 0 atom stereocenters. The molecule has 2 N–H and O–H groups in total. The number of oxazole rings is 1. The number of anilines is 1. The van der Waals surface area contributed by atoms with Crippen LogP contribution in [-0.2, 0) is 13.1 Å². The van der Waals surface area contributed by atoms with E-state index in [1.165, 1.54) is 16.8 Å². The molecule has 0 radical (unpaired) electrons. The summed E-state index contributed by atoms with van der Waals surface area (Å²) in [6.45, 7) is 5.28. The molecule has 0 saturated carbocycles. The van der Waals surface area contributed by atoms with Crippen LogP contribution in [0.2, 0.25) is 0 Å². The number of aromatic nitrogens is 1. The van der Waals surface area contributed by atoms with E-state index in [9.17, 15) is 0 Å². The van der Waals surface area contributed by atoms with Crippen LogP contribution in [0.5, 0.6) is 0 Å². The Balaban J connectivity index is 1.27. The lowest BCUT2D eigenvalue weighted by Gasteiger charge is -2.18. The molecule has 0 aliphatic carbocycles. The average molecular weight is 402 g/mol. The van der Waals surface area contributed by atoms with E-state index in [0.717, 1.165) is 30.3 Å². The molecule has 6 nitrogen and oxygen atoms in total. The third-order valence-corrected chi connectivity index (χ3v) is 5.09. The molecule has 1 aromatic heterocycles. The molecular weight excluding hydrogens is 374 g/mol. The van der Waals surface area contributed by atoms with Crippen molar-refractivity contribution in [1.29, 1.82) is 0 Å². The predicted molar refractivity (Wildman–Crippen MR) is 122 cm³/mol. The smallest absolute Gasteiger partial charge is 0.226 e. The van der Waals surface area contributed by atoms with Crippen LogP contribution in [0, 0.1) is 6.92 Å². The first-order chi connectivity index (χ1) is 14.7. The molecule has 0 saturated heterocycles. The minimum Gasteiger partial charge on any atom is -0.444 e. The third-order valence-electron chi connectivity index (χ3n) is 5.09. The van der Waals surface area contributed by atoms with E-state index in [0.29, 0.717) is 19.0 Å². The maximum Gasteiger partial charge on any atom is 0.226 e. The molecular formula is C24H27N5O. The molecule has 6 heteroatoms. The van der Waals surface area contributed by atoms with Gasteiger partial charge in [-0.15, -0.1) is 0 Å². The summed E-state index contributed by atoms with van der Waals surface area (Å²) < 4.78 is 5.62. The summed E-state index contributed by atoms with van der Waals surface area (Å²) in [5.74, 6) is 1.35. The maximum absolute atomic E-state index is 5.62. The quantitative estimate of drug-likeness (QED) is 0.373. The number of aliphatic imine (C=N–C) groups is 1. The number of benzene rings is 2. The third kappa shape index (κ3) is 4.89. The lowest BCUT2D eigenvalue weighted by atomic mass is 10.1. The topological polar surface area (TPSA) is 65.7 Å². The fourth-order valence-corrected chi connectivity index (χ4v) is 3.31. The second-order valence-electron chi connectivity index (χ2n) is 7.33. The van der Waals surface area contributed by atoms with Gasteiger partial charge in [-0.1, -0.05) is 42.0 Å². The first-order valence-corrected chi connectivity index (χ1v) is 10.2. The van der Waals surface area contributed by atoms with Gasteiger partial charge in [0, 0.05) is 37.9 Å². The molecule has 4 rings (SSSR count). The summed E-state index contributed by atoms with van der Waals surface area (Å²) in [5.41, 5.74) is 5.47. The highest BCUT2D eigenvalue weighted by molar-refractivity contribution is 5.79. The molecule has 3 aromatic rings. The van der Waals surface area contributed by atoms with Crippen LogP contribution in [0.4, 0.5) is 5.69 Å². The van der Waals surface area contributed by atoms with Gasteiger partial charge in [-0.3, -0.25) is 4.99 Å². The summed E-state index contributed by atoms with van der Waals surface area (Å²) in [4.78, 5) is 11.2. The summed E-state index contributed by atoms with van der Waals surface area (Å²) in [6.07, 6.45) is 6.08.